The van der Waals surface area contributed by atoms with Crippen LogP contribution in [0.25, 0.3) is 0 Å². The van der Waals surface area contributed by atoms with Gasteiger partial charge < -0.3 is 25.2 Å². The Labute approximate surface area is 140 Å². The summed E-state index contributed by atoms with van der Waals surface area (Å²) in [7, 11) is 3.03. The predicted octanol–water partition coefficient (Wildman–Crippen LogP) is 0.391. The fraction of sp³-hybridized carbons (Fsp3) is 0.500. The molecule has 1 aliphatic rings. The maximum atomic E-state index is 12.3. The fourth-order valence-corrected chi connectivity index (χ4v) is 2.65. The molecule has 8 heteroatoms. The van der Waals surface area contributed by atoms with E-state index in [1.807, 2.05) is 4.90 Å². The lowest BCUT2D eigenvalue weighted by Gasteiger charge is -2.32. The summed E-state index contributed by atoms with van der Waals surface area (Å²) >= 11 is 0. The van der Waals surface area contributed by atoms with E-state index in [0.717, 1.165) is 13.1 Å². The van der Waals surface area contributed by atoms with Gasteiger partial charge in [0.1, 0.15) is 17.5 Å². The number of amides is 1. The van der Waals surface area contributed by atoms with Crippen LogP contribution >= 0.6 is 0 Å². The number of piperazine rings is 1. The Morgan fingerprint density at radius 1 is 1.29 bits per heavy atom. The number of rotatable bonds is 7. The molecule has 0 unspecified atom stereocenters. The highest BCUT2D eigenvalue weighted by atomic mass is 16.5. The lowest BCUT2D eigenvalue weighted by atomic mass is 10.1. The van der Waals surface area contributed by atoms with Gasteiger partial charge in [0.15, 0.2) is 0 Å². The third-order valence-electron chi connectivity index (χ3n) is 3.94. The van der Waals surface area contributed by atoms with Gasteiger partial charge in [-0.05, 0) is 12.1 Å². The van der Waals surface area contributed by atoms with Crippen molar-refractivity contribution in [2.24, 2.45) is 0 Å². The number of carbonyl (C=O) groups is 2. The van der Waals surface area contributed by atoms with Crippen molar-refractivity contribution in [1.82, 2.24) is 10.2 Å². The van der Waals surface area contributed by atoms with Crippen molar-refractivity contribution < 1.29 is 24.2 Å². The van der Waals surface area contributed by atoms with Crippen LogP contribution in [-0.2, 0) is 9.59 Å². The van der Waals surface area contributed by atoms with E-state index in [1.54, 1.807) is 18.2 Å². The number of methoxy groups -OCH3 is 2. The highest BCUT2D eigenvalue weighted by Crippen LogP contribution is 2.29. The summed E-state index contributed by atoms with van der Waals surface area (Å²) in [5.74, 6) is -0.302. The molecule has 8 nitrogen and oxygen atoms in total. The maximum Gasteiger partial charge on any atom is 0.321 e. The van der Waals surface area contributed by atoms with Gasteiger partial charge in [-0.1, -0.05) is 0 Å². The number of nitrogens with zero attached hydrogens (tertiary/aromatic N) is 1. The molecule has 1 atom stereocenters. The Bertz CT molecular complexity index is 587. The van der Waals surface area contributed by atoms with Gasteiger partial charge in [-0.25, -0.2) is 0 Å². The summed E-state index contributed by atoms with van der Waals surface area (Å²) in [6.07, 6.45) is -0.121. The van der Waals surface area contributed by atoms with Crippen LogP contribution in [0.5, 0.6) is 11.5 Å². The van der Waals surface area contributed by atoms with Gasteiger partial charge >= 0.3 is 5.97 Å². The Morgan fingerprint density at radius 2 is 2.00 bits per heavy atom. The van der Waals surface area contributed by atoms with E-state index in [-0.39, 0.29) is 12.3 Å². The van der Waals surface area contributed by atoms with Crippen molar-refractivity contribution in [3.63, 3.8) is 0 Å². The number of carboxylic acid groups (broad SMARTS) is 1. The molecule has 1 aliphatic heterocycles. The molecular formula is C16H23N3O5. The second-order valence-corrected chi connectivity index (χ2v) is 5.46. The van der Waals surface area contributed by atoms with Crippen LogP contribution in [-0.4, -0.2) is 68.3 Å². The zero-order valence-electron chi connectivity index (χ0n) is 13.9. The maximum absolute atomic E-state index is 12.3. The molecule has 1 aromatic carbocycles. The molecule has 1 amide bonds. The van der Waals surface area contributed by atoms with E-state index >= 15 is 0 Å². The number of hydrogen-bond donors (Lipinski definition) is 3. The molecule has 2 rings (SSSR count). The quantitative estimate of drug-likeness (QED) is 0.662. The van der Waals surface area contributed by atoms with Crippen molar-refractivity contribution in [1.29, 1.82) is 0 Å². The molecule has 1 saturated heterocycles. The second-order valence-electron chi connectivity index (χ2n) is 5.46. The van der Waals surface area contributed by atoms with Crippen LogP contribution in [0.4, 0.5) is 5.69 Å². The summed E-state index contributed by atoms with van der Waals surface area (Å²) in [5.41, 5.74) is 0.479. The zero-order valence-corrected chi connectivity index (χ0v) is 13.9. The Kier molecular flexibility index (Phi) is 6.39. The average Bonchev–Trinajstić information content (AvgIpc) is 2.60. The van der Waals surface area contributed by atoms with Crippen LogP contribution < -0.4 is 20.1 Å². The van der Waals surface area contributed by atoms with Crippen LogP contribution in [0.15, 0.2) is 18.2 Å². The first-order chi connectivity index (χ1) is 11.5. The minimum Gasteiger partial charge on any atom is -0.497 e. The van der Waals surface area contributed by atoms with Gasteiger partial charge in [-0.15, -0.1) is 0 Å². The molecule has 24 heavy (non-hydrogen) atoms. The third-order valence-corrected chi connectivity index (χ3v) is 3.94. The Hall–Kier alpha value is -2.32. The first-order valence-corrected chi connectivity index (χ1v) is 7.74. The molecule has 0 aromatic heterocycles. The number of hydrogen-bond acceptors (Lipinski definition) is 6. The fourth-order valence-electron chi connectivity index (χ4n) is 2.65. The molecule has 0 bridgehead atoms. The second kappa shape index (κ2) is 8.51. The molecular weight excluding hydrogens is 314 g/mol. The predicted molar refractivity (Wildman–Crippen MR) is 88.7 cm³/mol. The van der Waals surface area contributed by atoms with E-state index in [4.69, 9.17) is 9.47 Å². The number of nitrogens with one attached hydrogen (secondary N) is 2. The number of carboxylic acids is 1. The third kappa shape index (κ3) is 4.59. The SMILES string of the molecule is COc1ccc(NC(=O)C[C@@H](C(=O)O)N2CCNCC2)c(OC)c1. The van der Waals surface area contributed by atoms with E-state index < -0.39 is 12.0 Å². The van der Waals surface area contributed by atoms with Gasteiger partial charge in [0.2, 0.25) is 5.91 Å². The van der Waals surface area contributed by atoms with Gasteiger partial charge in [0, 0.05) is 32.2 Å². The number of aliphatic carboxylic acids is 1. The van der Waals surface area contributed by atoms with Crippen LogP contribution in [0.3, 0.4) is 0 Å². The molecule has 0 saturated carbocycles. The van der Waals surface area contributed by atoms with E-state index in [0.29, 0.717) is 30.3 Å². The number of carbonyl (C=O) groups excluding carboxylic acids is 1. The molecule has 0 spiro atoms. The summed E-state index contributed by atoms with van der Waals surface area (Å²) < 4.78 is 10.3. The van der Waals surface area contributed by atoms with Crippen LogP contribution in [0, 0.1) is 0 Å². The summed E-state index contributed by atoms with van der Waals surface area (Å²) in [5, 5.41) is 15.3. The van der Waals surface area contributed by atoms with Crippen molar-refractivity contribution in [2.75, 3.05) is 45.7 Å². The molecule has 1 fully saturated rings. The van der Waals surface area contributed by atoms with Crippen molar-refractivity contribution in [3.05, 3.63) is 18.2 Å². The van der Waals surface area contributed by atoms with Crippen molar-refractivity contribution in [3.8, 4) is 11.5 Å². The molecule has 0 aliphatic carbocycles. The largest absolute Gasteiger partial charge is 0.497 e. The van der Waals surface area contributed by atoms with Gasteiger partial charge in [-0.3, -0.25) is 14.5 Å². The number of benzene rings is 1. The summed E-state index contributed by atoms with van der Waals surface area (Å²) in [6.45, 7) is 2.65. The van der Waals surface area contributed by atoms with E-state index in [9.17, 15) is 14.7 Å². The molecule has 1 heterocycles. The highest BCUT2D eigenvalue weighted by molar-refractivity contribution is 5.95. The lowest BCUT2D eigenvalue weighted by molar-refractivity contribution is -0.145. The minimum atomic E-state index is -0.992. The molecule has 1 aromatic rings. The molecule has 132 valence electrons. The van der Waals surface area contributed by atoms with Crippen LogP contribution in [0.2, 0.25) is 0 Å². The number of ether oxygens (including phenoxy) is 2. The number of anilines is 1. The summed E-state index contributed by atoms with van der Waals surface area (Å²) in [6, 6.07) is 4.18. The minimum absolute atomic E-state index is 0.121. The van der Waals surface area contributed by atoms with E-state index in [2.05, 4.69) is 10.6 Å². The summed E-state index contributed by atoms with van der Waals surface area (Å²) in [4.78, 5) is 25.6. The first-order valence-electron chi connectivity index (χ1n) is 7.74. The Balaban J connectivity index is 2.04. The smallest absolute Gasteiger partial charge is 0.321 e. The van der Waals surface area contributed by atoms with E-state index in [1.165, 1.54) is 14.2 Å². The highest BCUT2D eigenvalue weighted by Gasteiger charge is 2.29. The monoisotopic (exact) mass is 337 g/mol. The van der Waals surface area contributed by atoms with Crippen LogP contribution in [0.1, 0.15) is 6.42 Å². The standard InChI is InChI=1S/C16H23N3O5/c1-23-11-3-4-12(14(9-11)24-2)18-15(20)10-13(16(21)22)19-7-5-17-6-8-19/h3-4,9,13,17H,5-8,10H2,1-2H3,(H,18,20)(H,21,22)/t13-/m0/s1. The van der Waals surface area contributed by atoms with Gasteiger partial charge in [0.05, 0.1) is 26.3 Å². The molecule has 3 N–H and O–H groups in total. The van der Waals surface area contributed by atoms with Crippen molar-refractivity contribution in [2.45, 2.75) is 12.5 Å². The van der Waals surface area contributed by atoms with Gasteiger partial charge in [0.25, 0.3) is 0 Å². The Morgan fingerprint density at radius 3 is 2.58 bits per heavy atom. The normalized spacial score (nSPS) is 16.2. The zero-order chi connectivity index (χ0) is 17.5. The topological polar surface area (TPSA) is 100 Å². The molecule has 0 radical (unpaired) electrons. The van der Waals surface area contributed by atoms with Gasteiger partial charge in [-0.2, -0.15) is 0 Å². The average molecular weight is 337 g/mol. The lowest BCUT2D eigenvalue weighted by Crippen LogP contribution is -2.52. The van der Waals surface area contributed by atoms with Crippen molar-refractivity contribution >= 4 is 17.6 Å². The first kappa shape index (κ1) is 18.0.